The van der Waals surface area contributed by atoms with Crippen LogP contribution in [0.3, 0.4) is 0 Å². The minimum atomic E-state index is 0.0556. The van der Waals surface area contributed by atoms with Crippen molar-refractivity contribution in [3.8, 4) is 0 Å². The van der Waals surface area contributed by atoms with Crippen LogP contribution in [0.1, 0.15) is 0 Å². The van der Waals surface area contributed by atoms with Crippen molar-refractivity contribution >= 4 is 0 Å². The SMILES string of the molecule is [O]=[Hf].[O]=[Nd]. The molecule has 0 radical (unpaired) electrons. The monoisotopic (exact) mass is 354 g/mol. The van der Waals surface area contributed by atoms with Gasteiger partial charge in [0.15, 0.2) is 0 Å². The van der Waals surface area contributed by atoms with Crippen LogP contribution in [0.25, 0.3) is 0 Å². The molecule has 0 unspecified atom stereocenters. The van der Waals surface area contributed by atoms with Crippen LogP contribution in [-0.4, -0.2) is 0 Å². The first kappa shape index (κ1) is 9.27. The molecule has 0 fully saturated rings. The molecule has 0 saturated carbocycles. The Morgan fingerprint density at radius 1 is 1.25 bits per heavy atom. The molecule has 0 heterocycles. The Morgan fingerprint density at radius 3 is 1.25 bits per heavy atom. The molecule has 0 aliphatic rings. The molecular formula is HfNdO2. The van der Waals surface area contributed by atoms with E-state index in [2.05, 4.69) is 0 Å². The standard InChI is InChI=1S/Hf.Nd.2O. The van der Waals surface area contributed by atoms with Crippen LogP contribution in [-0.2, 0) is 28.3 Å². The van der Waals surface area contributed by atoms with Crippen LogP contribution in [0.2, 0.25) is 0 Å². The summed E-state index contributed by atoms with van der Waals surface area (Å²) >= 11 is 0.111. The average molecular weight is 355 g/mol. The fourth-order valence-corrected chi connectivity index (χ4v) is 0. The molecule has 0 spiro atoms. The van der Waals surface area contributed by atoms with Crippen LogP contribution in [0.5, 0.6) is 0 Å². The quantitative estimate of drug-likeness (QED) is 0.563. The first-order chi connectivity index (χ1) is 2.00. The Labute approximate surface area is 65.8 Å². The van der Waals surface area contributed by atoms with Crippen LogP contribution >= 0.6 is 0 Å². The van der Waals surface area contributed by atoms with Gasteiger partial charge in [-0.15, -0.1) is 0 Å². The van der Waals surface area contributed by atoms with Gasteiger partial charge >= 0.3 is 67.2 Å². The first-order valence-electron chi connectivity index (χ1n) is 0.408. The van der Waals surface area contributed by atoms with Gasteiger partial charge in [0.2, 0.25) is 0 Å². The molecular weight excluding hydrogens is 355 g/mol. The van der Waals surface area contributed by atoms with Crippen LogP contribution in [0.4, 0.5) is 0 Å². The van der Waals surface area contributed by atoms with E-state index >= 15 is 0 Å². The van der Waals surface area contributed by atoms with E-state index in [1.165, 1.54) is 0 Å². The van der Waals surface area contributed by atoms with Crippen molar-refractivity contribution in [3.05, 3.63) is 0 Å². The van der Waals surface area contributed by atoms with E-state index in [9.17, 15) is 0 Å². The number of hydrogen-bond acceptors (Lipinski definition) is 2. The molecule has 0 bridgehead atoms. The summed E-state index contributed by atoms with van der Waals surface area (Å²) in [5.41, 5.74) is 0. The summed E-state index contributed by atoms with van der Waals surface area (Å²) in [5, 5.41) is 0. The summed E-state index contributed by atoms with van der Waals surface area (Å²) in [6.45, 7) is 0. The van der Waals surface area contributed by atoms with E-state index in [4.69, 9.17) is 3.91 Å². The van der Waals surface area contributed by atoms with Gasteiger partial charge in [-0.3, -0.25) is 0 Å². The second-order valence-electron chi connectivity index (χ2n) is 0. The molecule has 0 aliphatic heterocycles. The Balaban J connectivity index is 0. The van der Waals surface area contributed by atoms with Gasteiger partial charge in [0.1, 0.15) is 0 Å². The molecule has 0 N–H and O–H groups in total. The Bertz CT molecular complexity index is 8.00. The molecule has 0 atom stereocenters. The van der Waals surface area contributed by atoms with Gasteiger partial charge in [-0.05, 0) is 0 Å². The fourth-order valence-electron chi connectivity index (χ4n) is 0. The topological polar surface area (TPSA) is 34.1 Å². The van der Waals surface area contributed by atoms with Gasteiger partial charge in [0, 0.05) is 0 Å². The van der Waals surface area contributed by atoms with E-state index in [1.807, 2.05) is 0 Å². The summed E-state index contributed by atoms with van der Waals surface area (Å²) in [6, 6.07) is 0. The van der Waals surface area contributed by atoms with Crippen molar-refractivity contribution in [3.63, 3.8) is 0 Å². The summed E-state index contributed by atoms with van der Waals surface area (Å²) in [7, 11) is 0. The maximum absolute atomic E-state index is 8.39. The van der Waals surface area contributed by atoms with Crippen molar-refractivity contribution in [1.29, 1.82) is 0 Å². The summed E-state index contributed by atoms with van der Waals surface area (Å²) in [4.78, 5) is 0. The second-order valence-corrected chi connectivity index (χ2v) is 0. The Hall–Kier alpha value is 1.82. The zero-order valence-electron chi connectivity index (χ0n) is 1.82. The van der Waals surface area contributed by atoms with E-state index < -0.39 is 0 Å². The summed E-state index contributed by atoms with van der Waals surface area (Å²) < 4.78 is 16.8. The van der Waals surface area contributed by atoms with Crippen molar-refractivity contribution in [2.75, 3.05) is 0 Å². The third-order valence-corrected chi connectivity index (χ3v) is 0. The van der Waals surface area contributed by atoms with Crippen molar-refractivity contribution in [2.24, 2.45) is 0 Å². The molecule has 0 aromatic carbocycles. The predicted molar refractivity (Wildman–Crippen MR) is 1.37 cm³/mol. The summed E-state index contributed by atoms with van der Waals surface area (Å²) in [5.74, 6) is 0. The van der Waals surface area contributed by atoms with Gasteiger partial charge < -0.3 is 0 Å². The second kappa shape index (κ2) is 21.2. The van der Waals surface area contributed by atoms with Gasteiger partial charge in [-0.1, -0.05) is 0 Å². The van der Waals surface area contributed by atoms with Crippen LogP contribution in [0.15, 0.2) is 0 Å². The average Bonchev–Trinajstić information content (AvgIpc) is 1.50. The number of rotatable bonds is 0. The van der Waals surface area contributed by atoms with Crippen molar-refractivity contribution in [1.82, 2.24) is 0 Å². The van der Waals surface area contributed by atoms with Gasteiger partial charge in [-0.25, -0.2) is 0 Å². The molecule has 20 valence electrons. The van der Waals surface area contributed by atoms with E-state index in [1.54, 1.807) is 0 Å². The molecule has 4 heavy (non-hydrogen) atoms. The Morgan fingerprint density at radius 2 is 1.25 bits per heavy atom. The van der Waals surface area contributed by atoms with Gasteiger partial charge in [0.05, 0.1) is 0 Å². The fraction of sp³-hybridized carbons (Fsp3) is 0. The summed E-state index contributed by atoms with van der Waals surface area (Å²) in [6.07, 6.45) is 0. The predicted octanol–water partition coefficient (Wildman–Crippen LogP) is -0.240. The third kappa shape index (κ3) is 9.17. The Kier molecular flexibility index (Phi) is 49.2. The van der Waals surface area contributed by atoms with Crippen LogP contribution < -0.4 is 0 Å². The minimum absolute atomic E-state index is 0.0556. The van der Waals surface area contributed by atoms with E-state index in [0.29, 0.717) is 0 Å². The van der Waals surface area contributed by atoms with Crippen LogP contribution in [0, 0.1) is 38.9 Å². The van der Waals surface area contributed by atoms with Gasteiger partial charge in [-0.2, -0.15) is 0 Å². The molecule has 0 aromatic heterocycles. The molecule has 0 rings (SSSR count). The zero-order valence-corrected chi connectivity index (χ0v) is 8.62. The van der Waals surface area contributed by atoms with E-state index in [0.717, 1.165) is 0 Å². The first-order valence-corrected chi connectivity index (χ1v) is 3.18. The maximum atomic E-state index is 8.39. The van der Waals surface area contributed by atoms with Gasteiger partial charge in [0.25, 0.3) is 0 Å². The molecule has 2 nitrogen and oxygen atoms in total. The number of hydrogen-bond donors (Lipinski definition) is 0. The van der Waals surface area contributed by atoms with Crippen molar-refractivity contribution in [2.45, 2.75) is 0 Å². The molecule has 0 amide bonds. The zero-order chi connectivity index (χ0) is 4.00. The van der Waals surface area contributed by atoms with Crippen molar-refractivity contribution < 1.29 is 67.2 Å². The molecule has 4 heteroatoms. The van der Waals surface area contributed by atoms with E-state index in [-0.39, 0.29) is 63.3 Å². The molecule has 0 aromatic rings. The molecule has 0 saturated heterocycles. The normalized spacial score (nSPS) is 1.50. The third-order valence-electron chi connectivity index (χ3n) is 0. The molecule has 0 aliphatic carbocycles.